The van der Waals surface area contributed by atoms with Crippen molar-refractivity contribution >= 4 is 0 Å². The van der Waals surface area contributed by atoms with Crippen LogP contribution in [-0.4, -0.2) is 0 Å². The van der Waals surface area contributed by atoms with E-state index in [0.29, 0.717) is 0 Å². The van der Waals surface area contributed by atoms with Crippen LogP contribution >= 0.6 is 0 Å². The molecule has 0 nitrogen and oxygen atoms in total. The molecule has 0 aromatic carbocycles. The zero-order valence-electron chi connectivity index (χ0n) is 10.9. The minimum Gasteiger partial charge on any atom is -0.0887 e. The molecule has 0 spiro atoms. The van der Waals surface area contributed by atoms with E-state index in [1.54, 1.807) is 0 Å². The van der Waals surface area contributed by atoms with Gasteiger partial charge in [-0.3, -0.25) is 0 Å². The van der Waals surface area contributed by atoms with E-state index in [1.165, 1.54) is 31.3 Å². The Balaban J connectivity index is -0.000000169. The summed E-state index contributed by atoms with van der Waals surface area (Å²) >= 11 is 0. The molecule has 0 aliphatic heterocycles. The van der Waals surface area contributed by atoms with E-state index in [2.05, 4.69) is 40.7 Å². The lowest BCUT2D eigenvalue weighted by molar-refractivity contribution is 0.786. The molecule has 0 radical (unpaired) electrons. The van der Waals surface area contributed by atoms with Gasteiger partial charge >= 0.3 is 0 Å². The standard InChI is InChI=1S/C8H16.C3H8.C2H6/c1-4-6-7-8(3)5-2;1-3-2;1-2/h5H,4,6-7H2,1-3H3;3H2,1-2H3;1-2H3/b8-5-;;. The average molecular weight is 186 g/mol. The Morgan fingerprint density at radius 1 is 1.08 bits per heavy atom. The molecule has 0 bridgehead atoms. The van der Waals surface area contributed by atoms with E-state index in [9.17, 15) is 0 Å². The Kier molecular flexibility index (Phi) is 32.2. The minimum absolute atomic E-state index is 1.25. The number of hydrogen-bond acceptors (Lipinski definition) is 0. The Labute approximate surface area is 86.4 Å². The van der Waals surface area contributed by atoms with Crippen LogP contribution in [0.2, 0.25) is 0 Å². The molecule has 0 aliphatic carbocycles. The number of allylic oxidation sites excluding steroid dienone is 2. The smallest absolute Gasteiger partial charge is 0.0323 e. The summed E-state index contributed by atoms with van der Waals surface area (Å²) in [6, 6.07) is 0. The van der Waals surface area contributed by atoms with Crippen LogP contribution in [-0.2, 0) is 0 Å². The van der Waals surface area contributed by atoms with Crippen molar-refractivity contribution in [3.8, 4) is 0 Å². The third-order valence-corrected chi connectivity index (χ3v) is 1.42. The van der Waals surface area contributed by atoms with Gasteiger partial charge in [0.25, 0.3) is 0 Å². The van der Waals surface area contributed by atoms with Gasteiger partial charge in [-0.2, -0.15) is 0 Å². The summed E-state index contributed by atoms with van der Waals surface area (Å²) in [7, 11) is 0. The summed E-state index contributed by atoms with van der Waals surface area (Å²) in [5, 5.41) is 0. The van der Waals surface area contributed by atoms with E-state index in [0.717, 1.165) is 0 Å². The fourth-order valence-corrected chi connectivity index (χ4v) is 0.600. The summed E-state index contributed by atoms with van der Waals surface area (Å²) in [5.74, 6) is 0. The van der Waals surface area contributed by atoms with Crippen molar-refractivity contribution in [1.82, 2.24) is 0 Å². The van der Waals surface area contributed by atoms with Crippen molar-refractivity contribution < 1.29 is 0 Å². The van der Waals surface area contributed by atoms with Crippen molar-refractivity contribution in [3.05, 3.63) is 11.6 Å². The lowest BCUT2D eigenvalue weighted by atomic mass is 10.1. The maximum Gasteiger partial charge on any atom is -0.0323 e. The van der Waals surface area contributed by atoms with Gasteiger partial charge in [0.2, 0.25) is 0 Å². The van der Waals surface area contributed by atoms with Crippen molar-refractivity contribution in [2.24, 2.45) is 0 Å². The molecule has 0 amide bonds. The number of hydrogen-bond donors (Lipinski definition) is 0. The highest BCUT2D eigenvalue weighted by Crippen LogP contribution is 2.04. The highest BCUT2D eigenvalue weighted by Gasteiger charge is 1.83. The Bertz CT molecular complexity index is 80.0. The molecule has 0 aromatic heterocycles. The van der Waals surface area contributed by atoms with Crippen LogP contribution in [0.25, 0.3) is 0 Å². The molecule has 0 aromatic rings. The van der Waals surface area contributed by atoms with Crippen molar-refractivity contribution in [2.75, 3.05) is 0 Å². The monoisotopic (exact) mass is 186 g/mol. The third-order valence-electron chi connectivity index (χ3n) is 1.42. The Morgan fingerprint density at radius 2 is 1.46 bits per heavy atom. The van der Waals surface area contributed by atoms with Crippen LogP contribution in [0.1, 0.15) is 74.1 Å². The average Bonchev–Trinajstić information content (AvgIpc) is 2.18. The molecular formula is C13H30. The van der Waals surface area contributed by atoms with Crippen LogP contribution in [0, 0.1) is 0 Å². The molecule has 82 valence electrons. The first kappa shape index (κ1) is 18.5. The van der Waals surface area contributed by atoms with Crippen molar-refractivity contribution in [3.63, 3.8) is 0 Å². The van der Waals surface area contributed by atoms with Crippen LogP contribution in [0.5, 0.6) is 0 Å². The molecule has 0 aliphatic rings. The van der Waals surface area contributed by atoms with Gasteiger partial charge in [0.15, 0.2) is 0 Å². The zero-order valence-corrected chi connectivity index (χ0v) is 10.9. The predicted molar refractivity (Wildman–Crippen MR) is 66.3 cm³/mol. The molecule has 0 saturated heterocycles. The van der Waals surface area contributed by atoms with Crippen molar-refractivity contribution in [2.45, 2.75) is 74.1 Å². The second-order valence-electron chi connectivity index (χ2n) is 2.95. The molecule has 0 atom stereocenters. The topological polar surface area (TPSA) is 0 Å². The van der Waals surface area contributed by atoms with Crippen molar-refractivity contribution in [1.29, 1.82) is 0 Å². The third kappa shape index (κ3) is 33.8. The molecule has 0 unspecified atom stereocenters. The highest BCUT2D eigenvalue weighted by atomic mass is 13.9. The molecule has 0 fully saturated rings. The van der Waals surface area contributed by atoms with Gasteiger partial charge in [0.1, 0.15) is 0 Å². The van der Waals surface area contributed by atoms with Gasteiger partial charge in [-0.1, -0.05) is 59.1 Å². The van der Waals surface area contributed by atoms with Crippen LogP contribution in [0.4, 0.5) is 0 Å². The lowest BCUT2D eigenvalue weighted by Gasteiger charge is -1.94. The molecule has 0 heteroatoms. The maximum atomic E-state index is 2.23. The van der Waals surface area contributed by atoms with Gasteiger partial charge in [-0.15, -0.1) is 0 Å². The summed E-state index contributed by atoms with van der Waals surface area (Å²) < 4.78 is 0. The summed E-state index contributed by atoms with van der Waals surface area (Å²) in [6.07, 6.45) is 7.38. The second kappa shape index (κ2) is 22.6. The van der Waals surface area contributed by atoms with Gasteiger partial charge in [0, 0.05) is 0 Å². The first-order chi connectivity index (χ1) is 6.22. The lowest BCUT2D eigenvalue weighted by Crippen LogP contribution is -1.74. The quantitative estimate of drug-likeness (QED) is 0.504. The number of rotatable bonds is 3. The SMILES string of the molecule is C/C=C(/C)CCCC.CC.CCC. The summed E-state index contributed by atoms with van der Waals surface area (Å²) in [4.78, 5) is 0. The van der Waals surface area contributed by atoms with E-state index in [-0.39, 0.29) is 0 Å². The zero-order chi connectivity index (χ0) is 11.1. The first-order valence-electron chi connectivity index (χ1n) is 5.84. The maximum absolute atomic E-state index is 2.23. The molecule has 0 saturated carbocycles. The van der Waals surface area contributed by atoms with Crippen LogP contribution in [0.15, 0.2) is 11.6 Å². The largest absolute Gasteiger partial charge is 0.0887 e. The predicted octanol–water partition coefficient (Wildman–Crippen LogP) is 5.59. The van der Waals surface area contributed by atoms with Gasteiger partial charge < -0.3 is 0 Å². The molecule has 0 rings (SSSR count). The summed E-state index contributed by atoms with van der Waals surface area (Å²) in [6.45, 7) is 14.8. The fraction of sp³-hybridized carbons (Fsp3) is 0.846. The normalized spacial score (nSPS) is 9.31. The number of unbranched alkanes of at least 4 members (excludes halogenated alkanes) is 1. The summed E-state index contributed by atoms with van der Waals surface area (Å²) in [5.41, 5.74) is 1.52. The Morgan fingerprint density at radius 3 is 1.69 bits per heavy atom. The molecule has 0 heterocycles. The molecule has 13 heavy (non-hydrogen) atoms. The first-order valence-corrected chi connectivity index (χ1v) is 5.84. The van der Waals surface area contributed by atoms with E-state index in [1.807, 2.05) is 13.8 Å². The van der Waals surface area contributed by atoms with E-state index < -0.39 is 0 Å². The highest BCUT2D eigenvalue weighted by molar-refractivity contribution is 4.94. The van der Waals surface area contributed by atoms with Gasteiger partial charge in [-0.05, 0) is 26.7 Å². The molecular weight excluding hydrogens is 156 g/mol. The van der Waals surface area contributed by atoms with Crippen LogP contribution in [0.3, 0.4) is 0 Å². The van der Waals surface area contributed by atoms with E-state index in [4.69, 9.17) is 0 Å². The van der Waals surface area contributed by atoms with Gasteiger partial charge in [0.05, 0.1) is 0 Å². The molecule has 0 N–H and O–H groups in total. The van der Waals surface area contributed by atoms with Crippen LogP contribution < -0.4 is 0 Å². The van der Waals surface area contributed by atoms with Gasteiger partial charge in [-0.25, -0.2) is 0 Å². The Hall–Kier alpha value is -0.260. The van der Waals surface area contributed by atoms with E-state index >= 15 is 0 Å². The fourth-order valence-electron chi connectivity index (χ4n) is 0.600. The second-order valence-corrected chi connectivity index (χ2v) is 2.95. The minimum atomic E-state index is 1.25.